The van der Waals surface area contributed by atoms with Gasteiger partial charge in [-0.15, -0.1) is 0 Å². The van der Waals surface area contributed by atoms with Crippen molar-refractivity contribution in [3.8, 4) is 0 Å². The number of ether oxygens (including phenoxy) is 2. The van der Waals surface area contributed by atoms with Gasteiger partial charge >= 0.3 is 0 Å². The molecule has 0 radical (unpaired) electrons. The van der Waals surface area contributed by atoms with Crippen LogP contribution in [0.4, 0.5) is 0 Å². The van der Waals surface area contributed by atoms with Gasteiger partial charge in [0.2, 0.25) is 5.91 Å². The Morgan fingerprint density at radius 3 is 1.16 bits per heavy atom. The molecule has 0 aromatic rings. The monoisotopic (exact) mass is 1050 g/mol. The zero-order valence-electron chi connectivity index (χ0n) is 48.4. The lowest BCUT2D eigenvalue weighted by Gasteiger charge is -2.40. The second-order valence-corrected chi connectivity index (χ2v) is 22.8. The van der Waals surface area contributed by atoms with Crippen LogP contribution in [-0.4, -0.2) is 110 Å². The number of aliphatic hydroxyl groups excluding tert-OH is 7. The maximum absolute atomic E-state index is 13.1. The van der Waals surface area contributed by atoms with Crippen LogP contribution < -0.4 is 5.32 Å². The fourth-order valence-electron chi connectivity index (χ4n) is 10.6. The summed E-state index contributed by atoms with van der Waals surface area (Å²) in [6.45, 7) is 3.42. The third kappa shape index (κ3) is 40.1. The van der Waals surface area contributed by atoms with Gasteiger partial charge in [0.05, 0.1) is 25.4 Å². The molecule has 0 aliphatic carbocycles. The Morgan fingerprint density at radius 1 is 0.459 bits per heavy atom. The predicted octanol–water partition coefficient (Wildman–Crippen LogP) is 14.3. The Morgan fingerprint density at radius 2 is 0.797 bits per heavy atom. The molecule has 1 heterocycles. The van der Waals surface area contributed by atoms with Gasteiger partial charge in [-0.05, 0) is 38.5 Å². The number of carbonyl (C=O) groups excluding carboxylic acids is 1. The summed E-state index contributed by atoms with van der Waals surface area (Å²) in [5, 5.41) is 75.8. The summed E-state index contributed by atoms with van der Waals surface area (Å²) < 4.78 is 11.1. The van der Waals surface area contributed by atoms with Gasteiger partial charge in [0.15, 0.2) is 6.29 Å². The topological polar surface area (TPSA) is 189 Å². The summed E-state index contributed by atoms with van der Waals surface area (Å²) in [6.07, 6.45) is 52.1. The number of carbonyl (C=O) groups is 1. The highest BCUT2D eigenvalue weighted by Gasteiger charge is 2.44. The number of nitrogens with one attached hydrogen (secondary N) is 1. The molecule has 8 N–H and O–H groups in total. The minimum Gasteiger partial charge on any atom is -0.394 e. The molecule has 0 spiro atoms. The SMILES string of the molecule is CCCCCC/C=C/CCCC(O)C(O)C(COC1OC(CO)C(O)C(O)C1O)NC(=O)C(O)CCCCCCCCCCCCCCCCCCCCCCCCCCCCCCCCCCCCCCCC. The standard InChI is InChI=1S/C63H123NO10/c1-3-5-7-9-11-13-14-15-16-17-18-19-20-21-22-23-24-25-26-27-28-29-30-31-32-33-34-35-36-37-38-39-40-41-43-45-47-49-51-56(67)62(72)64-54(53-73-63-61(71)60(70)59(69)57(52-65)74-63)58(68)55(66)50-48-46-44-42-12-10-8-6-4-2/h42,44,54-61,63,65-71H,3-41,43,45-53H2,1-2H3,(H,64,72)/b44-42+. The van der Waals surface area contributed by atoms with E-state index in [0.717, 1.165) is 38.5 Å². The zero-order valence-corrected chi connectivity index (χ0v) is 48.4. The van der Waals surface area contributed by atoms with Crippen LogP contribution in [0.3, 0.4) is 0 Å². The smallest absolute Gasteiger partial charge is 0.249 e. The highest BCUT2D eigenvalue weighted by Crippen LogP contribution is 2.24. The van der Waals surface area contributed by atoms with Crippen molar-refractivity contribution >= 4 is 5.91 Å². The van der Waals surface area contributed by atoms with Crippen LogP contribution in [-0.2, 0) is 14.3 Å². The van der Waals surface area contributed by atoms with Crippen molar-refractivity contribution in [1.29, 1.82) is 0 Å². The van der Waals surface area contributed by atoms with Crippen molar-refractivity contribution in [3.05, 3.63) is 12.2 Å². The normalized spacial score (nSPS) is 19.8. The van der Waals surface area contributed by atoms with E-state index < -0.39 is 74.2 Å². The second kappa shape index (κ2) is 52.5. The zero-order chi connectivity index (χ0) is 54.0. The van der Waals surface area contributed by atoms with Gasteiger partial charge in [-0.25, -0.2) is 0 Å². The number of hydrogen-bond acceptors (Lipinski definition) is 10. The van der Waals surface area contributed by atoms with Gasteiger partial charge in [-0.3, -0.25) is 4.79 Å². The molecule has 74 heavy (non-hydrogen) atoms. The number of hydrogen-bond donors (Lipinski definition) is 8. The fourth-order valence-corrected chi connectivity index (χ4v) is 10.6. The molecule has 9 atom stereocenters. The first-order chi connectivity index (χ1) is 36.2. The first-order valence-corrected chi connectivity index (χ1v) is 32.1. The van der Waals surface area contributed by atoms with E-state index in [1.54, 1.807) is 0 Å². The molecule has 1 aliphatic rings. The van der Waals surface area contributed by atoms with Crippen LogP contribution >= 0.6 is 0 Å². The Hall–Kier alpha value is -1.15. The van der Waals surface area contributed by atoms with Gasteiger partial charge in [0, 0.05) is 0 Å². The van der Waals surface area contributed by atoms with Crippen molar-refractivity contribution in [1.82, 2.24) is 5.32 Å². The summed E-state index contributed by atoms with van der Waals surface area (Å²) in [5.41, 5.74) is 0. The van der Waals surface area contributed by atoms with E-state index in [2.05, 4.69) is 31.3 Å². The first-order valence-electron chi connectivity index (χ1n) is 32.1. The Labute approximate surface area is 455 Å². The molecular formula is C63H123NO10. The van der Waals surface area contributed by atoms with E-state index in [1.165, 1.54) is 238 Å². The molecule has 11 heteroatoms. The van der Waals surface area contributed by atoms with Gasteiger partial charge in [0.1, 0.15) is 36.6 Å². The summed E-state index contributed by atoms with van der Waals surface area (Å²) in [5.74, 6) is -0.703. The maximum atomic E-state index is 13.1. The highest BCUT2D eigenvalue weighted by molar-refractivity contribution is 5.80. The van der Waals surface area contributed by atoms with Crippen LogP contribution in [0.5, 0.6) is 0 Å². The molecule has 1 rings (SSSR count). The van der Waals surface area contributed by atoms with Gasteiger partial charge in [-0.2, -0.15) is 0 Å². The third-order valence-electron chi connectivity index (χ3n) is 15.8. The number of amides is 1. The van der Waals surface area contributed by atoms with Crippen molar-refractivity contribution in [2.45, 2.75) is 371 Å². The molecule has 1 saturated heterocycles. The molecule has 0 aromatic heterocycles. The Kier molecular flexibility index (Phi) is 50.3. The summed E-state index contributed by atoms with van der Waals surface area (Å²) in [4.78, 5) is 13.1. The minimum absolute atomic E-state index is 0.259. The summed E-state index contributed by atoms with van der Waals surface area (Å²) >= 11 is 0. The number of aliphatic hydroxyl groups is 7. The lowest BCUT2D eigenvalue weighted by molar-refractivity contribution is -0.303. The van der Waals surface area contributed by atoms with Crippen molar-refractivity contribution < 1.29 is 50.0 Å². The molecule has 0 saturated carbocycles. The van der Waals surface area contributed by atoms with Gasteiger partial charge in [-0.1, -0.05) is 289 Å². The van der Waals surface area contributed by atoms with Crippen LogP contribution in [0.2, 0.25) is 0 Å². The molecule has 1 amide bonds. The quantitative estimate of drug-likeness (QED) is 0.0215. The van der Waals surface area contributed by atoms with Crippen molar-refractivity contribution in [3.63, 3.8) is 0 Å². The summed E-state index contributed by atoms with van der Waals surface area (Å²) in [6, 6.07) is -1.18. The predicted molar refractivity (Wildman–Crippen MR) is 307 cm³/mol. The van der Waals surface area contributed by atoms with Crippen LogP contribution in [0.1, 0.15) is 316 Å². The Bertz CT molecular complexity index is 1210. The maximum Gasteiger partial charge on any atom is 0.249 e. The van der Waals surface area contributed by atoms with Crippen molar-refractivity contribution in [2.24, 2.45) is 0 Å². The average Bonchev–Trinajstić information content (AvgIpc) is 3.40. The summed E-state index contributed by atoms with van der Waals surface area (Å²) in [7, 11) is 0. The highest BCUT2D eigenvalue weighted by atomic mass is 16.7. The largest absolute Gasteiger partial charge is 0.394 e. The van der Waals surface area contributed by atoms with Crippen LogP contribution in [0, 0.1) is 0 Å². The second-order valence-electron chi connectivity index (χ2n) is 22.8. The number of unbranched alkanes of at least 4 members (excludes halogenated alkanes) is 42. The van der Waals surface area contributed by atoms with E-state index in [-0.39, 0.29) is 12.8 Å². The molecular weight excluding hydrogens is 931 g/mol. The van der Waals surface area contributed by atoms with E-state index in [1.807, 2.05) is 0 Å². The molecule has 0 bridgehead atoms. The van der Waals surface area contributed by atoms with Crippen LogP contribution in [0.25, 0.3) is 0 Å². The fraction of sp³-hybridized carbons (Fsp3) is 0.952. The minimum atomic E-state index is -1.66. The average molecular weight is 1050 g/mol. The lowest BCUT2D eigenvalue weighted by Crippen LogP contribution is -2.60. The molecule has 1 fully saturated rings. The lowest BCUT2D eigenvalue weighted by atomic mass is 9.98. The van der Waals surface area contributed by atoms with Crippen molar-refractivity contribution in [2.75, 3.05) is 13.2 Å². The molecule has 1 aliphatic heterocycles. The third-order valence-corrected chi connectivity index (χ3v) is 15.8. The van der Waals surface area contributed by atoms with Crippen LogP contribution in [0.15, 0.2) is 12.2 Å². The van der Waals surface area contributed by atoms with Gasteiger partial charge in [0.25, 0.3) is 0 Å². The van der Waals surface area contributed by atoms with Gasteiger partial charge < -0.3 is 50.5 Å². The number of rotatable bonds is 56. The van der Waals surface area contributed by atoms with E-state index in [4.69, 9.17) is 9.47 Å². The first kappa shape index (κ1) is 70.9. The molecule has 9 unspecified atom stereocenters. The van der Waals surface area contributed by atoms with E-state index >= 15 is 0 Å². The molecule has 11 nitrogen and oxygen atoms in total. The molecule has 440 valence electrons. The van der Waals surface area contributed by atoms with E-state index in [9.17, 15) is 40.5 Å². The molecule has 0 aromatic carbocycles. The van der Waals surface area contributed by atoms with E-state index in [0.29, 0.717) is 12.8 Å². The number of allylic oxidation sites excluding steroid dienone is 2. The Balaban J connectivity index is 2.04.